The van der Waals surface area contributed by atoms with Crippen molar-refractivity contribution < 1.29 is 4.79 Å². The highest BCUT2D eigenvalue weighted by Gasteiger charge is 2.17. The van der Waals surface area contributed by atoms with Crippen molar-refractivity contribution in [1.82, 2.24) is 10.6 Å². The molecule has 0 radical (unpaired) electrons. The third-order valence-electron chi connectivity index (χ3n) is 3.36. The normalized spacial score (nSPS) is 13.1. The lowest BCUT2D eigenvalue weighted by atomic mass is 10.0. The van der Waals surface area contributed by atoms with Gasteiger partial charge >= 0.3 is 0 Å². The molecule has 19 heavy (non-hydrogen) atoms. The molecule has 1 atom stereocenters. The summed E-state index contributed by atoms with van der Waals surface area (Å²) in [5.74, 6) is 0.0618. The molecule has 2 N–H and O–H groups in total. The van der Waals surface area contributed by atoms with Crippen LogP contribution in [0.5, 0.6) is 0 Å². The van der Waals surface area contributed by atoms with Crippen LogP contribution in [-0.2, 0) is 11.2 Å². The molecule has 106 valence electrons. The number of hydrogen-bond acceptors (Lipinski definition) is 2. The van der Waals surface area contributed by atoms with Gasteiger partial charge < -0.3 is 10.6 Å². The molecule has 0 bridgehead atoms. The van der Waals surface area contributed by atoms with Crippen molar-refractivity contribution in [2.75, 3.05) is 6.54 Å². The summed E-state index contributed by atoms with van der Waals surface area (Å²) in [5.41, 5.74) is 1.17. The van der Waals surface area contributed by atoms with E-state index >= 15 is 0 Å². The second-order valence-electron chi connectivity index (χ2n) is 5.76. The van der Waals surface area contributed by atoms with Crippen LogP contribution in [0.4, 0.5) is 0 Å². The van der Waals surface area contributed by atoms with E-state index in [0.29, 0.717) is 6.54 Å². The molecule has 0 heterocycles. The quantitative estimate of drug-likeness (QED) is 0.793. The summed E-state index contributed by atoms with van der Waals surface area (Å²) >= 11 is 0. The van der Waals surface area contributed by atoms with E-state index in [1.54, 1.807) is 0 Å². The van der Waals surface area contributed by atoms with Crippen molar-refractivity contribution in [2.24, 2.45) is 0 Å². The Morgan fingerprint density at radius 3 is 2.47 bits per heavy atom. The Morgan fingerprint density at radius 1 is 1.26 bits per heavy atom. The third kappa shape index (κ3) is 6.39. The Morgan fingerprint density at radius 2 is 1.89 bits per heavy atom. The molecule has 1 unspecified atom stereocenters. The standard InChI is InChI=1S/C16H26N2O/c1-5-16(3,4)18-15(19)12-17-13(2)11-14-9-7-6-8-10-14/h6-10,13,17H,5,11-12H2,1-4H3,(H,18,19). The van der Waals surface area contributed by atoms with Gasteiger partial charge in [-0.15, -0.1) is 0 Å². The van der Waals surface area contributed by atoms with Gasteiger partial charge in [-0.3, -0.25) is 4.79 Å². The third-order valence-corrected chi connectivity index (χ3v) is 3.36. The molecule has 0 aliphatic heterocycles. The maximum atomic E-state index is 11.8. The number of rotatable bonds is 7. The minimum atomic E-state index is -0.124. The molecule has 0 saturated heterocycles. The molecule has 0 saturated carbocycles. The van der Waals surface area contributed by atoms with Crippen LogP contribution in [0.25, 0.3) is 0 Å². The summed E-state index contributed by atoms with van der Waals surface area (Å²) in [6, 6.07) is 10.6. The Bertz CT molecular complexity index is 387. The first-order chi connectivity index (χ1) is 8.93. The molecule has 0 aliphatic rings. The van der Waals surface area contributed by atoms with E-state index in [2.05, 4.69) is 36.6 Å². The summed E-state index contributed by atoms with van der Waals surface area (Å²) in [4.78, 5) is 11.8. The van der Waals surface area contributed by atoms with Crippen molar-refractivity contribution in [3.05, 3.63) is 35.9 Å². The molecule has 0 aromatic heterocycles. The topological polar surface area (TPSA) is 41.1 Å². The van der Waals surface area contributed by atoms with E-state index in [1.165, 1.54) is 5.56 Å². The Labute approximate surface area is 116 Å². The first kappa shape index (κ1) is 15.7. The average Bonchev–Trinajstić information content (AvgIpc) is 2.37. The van der Waals surface area contributed by atoms with Gasteiger partial charge in [-0.2, -0.15) is 0 Å². The zero-order valence-corrected chi connectivity index (χ0v) is 12.5. The molecule has 0 aliphatic carbocycles. The molecular formula is C16H26N2O. The van der Waals surface area contributed by atoms with E-state index in [-0.39, 0.29) is 17.5 Å². The lowest BCUT2D eigenvalue weighted by molar-refractivity contribution is -0.121. The van der Waals surface area contributed by atoms with E-state index in [9.17, 15) is 4.79 Å². The Kier molecular flexibility index (Phi) is 6.03. The highest BCUT2D eigenvalue weighted by molar-refractivity contribution is 5.78. The molecule has 1 rings (SSSR count). The molecule has 1 amide bonds. The molecule has 1 aromatic carbocycles. The van der Waals surface area contributed by atoms with Crippen molar-refractivity contribution in [2.45, 2.75) is 52.1 Å². The maximum absolute atomic E-state index is 11.8. The molecular weight excluding hydrogens is 236 g/mol. The largest absolute Gasteiger partial charge is 0.350 e. The second kappa shape index (κ2) is 7.29. The SMILES string of the molecule is CCC(C)(C)NC(=O)CNC(C)Cc1ccccc1. The van der Waals surface area contributed by atoms with Crippen LogP contribution < -0.4 is 10.6 Å². The monoisotopic (exact) mass is 262 g/mol. The number of amides is 1. The molecule has 3 heteroatoms. The lowest BCUT2D eigenvalue weighted by Crippen LogP contribution is -2.47. The van der Waals surface area contributed by atoms with E-state index in [4.69, 9.17) is 0 Å². The van der Waals surface area contributed by atoms with Gasteiger partial charge in [0.15, 0.2) is 0 Å². The first-order valence-electron chi connectivity index (χ1n) is 7.01. The first-order valence-corrected chi connectivity index (χ1v) is 7.01. The van der Waals surface area contributed by atoms with E-state index in [0.717, 1.165) is 12.8 Å². The van der Waals surface area contributed by atoms with Gasteiger partial charge in [0.05, 0.1) is 6.54 Å². The fraction of sp³-hybridized carbons (Fsp3) is 0.562. The second-order valence-corrected chi connectivity index (χ2v) is 5.76. The van der Waals surface area contributed by atoms with Crippen LogP contribution in [0.15, 0.2) is 30.3 Å². The van der Waals surface area contributed by atoms with Gasteiger partial charge in [-0.05, 0) is 39.2 Å². The smallest absolute Gasteiger partial charge is 0.234 e. The van der Waals surface area contributed by atoms with Crippen LogP contribution in [0.3, 0.4) is 0 Å². The predicted molar refractivity (Wildman–Crippen MR) is 80.1 cm³/mol. The number of nitrogens with one attached hydrogen (secondary N) is 2. The van der Waals surface area contributed by atoms with Crippen molar-refractivity contribution in [3.8, 4) is 0 Å². The van der Waals surface area contributed by atoms with Crippen molar-refractivity contribution in [3.63, 3.8) is 0 Å². The summed E-state index contributed by atoms with van der Waals surface area (Å²) in [7, 11) is 0. The fourth-order valence-corrected chi connectivity index (χ4v) is 1.82. The fourth-order valence-electron chi connectivity index (χ4n) is 1.82. The van der Waals surface area contributed by atoms with Crippen LogP contribution in [0, 0.1) is 0 Å². The van der Waals surface area contributed by atoms with Crippen LogP contribution >= 0.6 is 0 Å². The van der Waals surface area contributed by atoms with Crippen LogP contribution in [-0.4, -0.2) is 24.0 Å². The number of benzene rings is 1. The minimum Gasteiger partial charge on any atom is -0.350 e. The zero-order chi connectivity index (χ0) is 14.3. The highest BCUT2D eigenvalue weighted by atomic mass is 16.2. The number of hydrogen-bond donors (Lipinski definition) is 2. The summed E-state index contributed by atoms with van der Waals surface area (Å²) in [6.45, 7) is 8.63. The molecule has 0 spiro atoms. The van der Waals surface area contributed by atoms with Crippen LogP contribution in [0.1, 0.15) is 39.7 Å². The molecule has 3 nitrogen and oxygen atoms in total. The van der Waals surface area contributed by atoms with Crippen LogP contribution in [0.2, 0.25) is 0 Å². The number of carbonyl (C=O) groups excluding carboxylic acids is 1. The maximum Gasteiger partial charge on any atom is 0.234 e. The molecule has 1 aromatic rings. The summed E-state index contributed by atoms with van der Waals surface area (Å²) in [6.07, 6.45) is 1.86. The van der Waals surface area contributed by atoms with Gasteiger partial charge in [0, 0.05) is 11.6 Å². The molecule has 0 fully saturated rings. The van der Waals surface area contributed by atoms with E-state index < -0.39 is 0 Å². The van der Waals surface area contributed by atoms with Gasteiger partial charge in [0.2, 0.25) is 5.91 Å². The van der Waals surface area contributed by atoms with Crippen molar-refractivity contribution >= 4 is 5.91 Å². The summed E-state index contributed by atoms with van der Waals surface area (Å²) < 4.78 is 0. The highest BCUT2D eigenvalue weighted by Crippen LogP contribution is 2.06. The zero-order valence-electron chi connectivity index (χ0n) is 12.5. The van der Waals surface area contributed by atoms with Crippen molar-refractivity contribution in [1.29, 1.82) is 0 Å². The van der Waals surface area contributed by atoms with E-state index in [1.807, 2.05) is 32.0 Å². The van der Waals surface area contributed by atoms with Gasteiger partial charge in [0.25, 0.3) is 0 Å². The minimum absolute atomic E-state index is 0.0618. The predicted octanol–water partition coefficient (Wildman–Crippen LogP) is 2.51. The lowest BCUT2D eigenvalue weighted by Gasteiger charge is -2.25. The van der Waals surface area contributed by atoms with Gasteiger partial charge in [0.1, 0.15) is 0 Å². The summed E-state index contributed by atoms with van der Waals surface area (Å²) in [5, 5.41) is 6.29. The van der Waals surface area contributed by atoms with Gasteiger partial charge in [-0.25, -0.2) is 0 Å². The Hall–Kier alpha value is -1.35. The number of carbonyl (C=O) groups is 1. The Balaban J connectivity index is 2.30. The average molecular weight is 262 g/mol. The van der Waals surface area contributed by atoms with Gasteiger partial charge in [-0.1, -0.05) is 37.3 Å².